The predicted octanol–water partition coefficient (Wildman–Crippen LogP) is 0.568. The van der Waals surface area contributed by atoms with Gasteiger partial charge in [0.2, 0.25) is 11.8 Å². The number of hydrogen-bond donors (Lipinski definition) is 1. The Labute approximate surface area is 181 Å². The maximum Gasteiger partial charge on any atom is 0.345 e. The van der Waals surface area contributed by atoms with Crippen molar-refractivity contribution in [3.63, 3.8) is 0 Å². The maximum atomic E-state index is 13.6. The maximum absolute atomic E-state index is 13.6. The minimum absolute atomic E-state index is 0.136. The van der Waals surface area contributed by atoms with Crippen molar-refractivity contribution < 1.29 is 19.2 Å². The lowest BCUT2D eigenvalue weighted by Crippen LogP contribution is -2.71. The number of likely N-dealkylation sites (tertiary alicyclic amines) is 1. The van der Waals surface area contributed by atoms with Crippen molar-refractivity contribution in [3.05, 3.63) is 35.9 Å². The molecule has 3 aliphatic heterocycles. The highest BCUT2D eigenvalue weighted by molar-refractivity contribution is 6.22. The molecule has 3 heterocycles. The van der Waals surface area contributed by atoms with E-state index in [4.69, 9.17) is 0 Å². The highest BCUT2D eigenvalue weighted by Gasteiger charge is 2.55. The highest BCUT2D eigenvalue weighted by Crippen LogP contribution is 2.34. The van der Waals surface area contributed by atoms with E-state index in [0.29, 0.717) is 38.3 Å². The van der Waals surface area contributed by atoms with E-state index in [1.807, 2.05) is 11.0 Å². The van der Waals surface area contributed by atoms with Crippen molar-refractivity contribution in [3.8, 4) is 0 Å². The van der Waals surface area contributed by atoms with E-state index in [1.165, 1.54) is 0 Å². The van der Waals surface area contributed by atoms with Gasteiger partial charge in [-0.3, -0.25) is 24.6 Å². The summed E-state index contributed by atoms with van der Waals surface area (Å²) in [5, 5.41) is 5.17. The number of urea groups is 1. The molecule has 1 aromatic rings. The van der Waals surface area contributed by atoms with Crippen LogP contribution in [0.2, 0.25) is 0 Å². The average molecular weight is 428 g/mol. The minimum atomic E-state index is -1.43. The Bertz CT molecular complexity index is 862. The number of hydrazine groups is 1. The van der Waals surface area contributed by atoms with Crippen LogP contribution in [0.4, 0.5) is 4.79 Å². The van der Waals surface area contributed by atoms with Gasteiger partial charge < -0.3 is 4.90 Å². The molecule has 4 rings (SSSR count). The zero-order valence-corrected chi connectivity index (χ0v) is 17.9. The molecule has 3 saturated heterocycles. The van der Waals surface area contributed by atoms with Gasteiger partial charge in [0, 0.05) is 39.3 Å². The Balaban J connectivity index is 1.46. The Morgan fingerprint density at radius 3 is 2.23 bits per heavy atom. The van der Waals surface area contributed by atoms with Crippen molar-refractivity contribution in [1.82, 2.24) is 25.1 Å². The molecule has 0 aromatic heterocycles. The second-order valence-electron chi connectivity index (χ2n) is 8.32. The van der Waals surface area contributed by atoms with Gasteiger partial charge in [-0.05, 0) is 24.8 Å². The first-order valence-electron chi connectivity index (χ1n) is 11.0. The summed E-state index contributed by atoms with van der Waals surface area (Å²) in [4.78, 5) is 55.4. The van der Waals surface area contributed by atoms with E-state index < -0.39 is 23.3 Å². The Kier molecular flexibility index (Phi) is 6.06. The minimum Gasteiger partial charge on any atom is -0.342 e. The molecule has 1 unspecified atom stereocenters. The van der Waals surface area contributed by atoms with Crippen molar-refractivity contribution in [2.24, 2.45) is 0 Å². The molecule has 1 atom stereocenters. The quantitative estimate of drug-likeness (QED) is 0.691. The van der Waals surface area contributed by atoms with Crippen molar-refractivity contribution in [2.45, 2.75) is 31.6 Å². The molecular formula is C22H29N5O4. The molecule has 3 fully saturated rings. The lowest BCUT2D eigenvalue weighted by molar-refractivity contribution is -0.160. The number of carbonyl (C=O) groups is 4. The molecule has 0 bridgehead atoms. The number of piperazine rings is 1. The predicted molar refractivity (Wildman–Crippen MR) is 113 cm³/mol. The zero-order chi connectivity index (χ0) is 22.0. The Morgan fingerprint density at radius 2 is 1.61 bits per heavy atom. The molecular weight excluding hydrogens is 398 g/mol. The van der Waals surface area contributed by atoms with Crippen LogP contribution >= 0.6 is 0 Å². The summed E-state index contributed by atoms with van der Waals surface area (Å²) in [6.45, 7) is 5.77. The van der Waals surface area contributed by atoms with Crippen LogP contribution in [0, 0.1) is 0 Å². The van der Waals surface area contributed by atoms with Crippen LogP contribution < -0.4 is 5.32 Å². The van der Waals surface area contributed by atoms with Crippen LogP contribution in [0.5, 0.6) is 0 Å². The van der Waals surface area contributed by atoms with Crippen LogP contribution in [-0.2, 0) is 19.8 Å². The second-order valence-corrected chi connectivity index (χ2v) is 8.32. The molecule has 5 amide bonds. The third-order valence-corrected chi connectivity index (χ3v) is 6.60. The molecule has 31 heavy (non-hydrogen) atoms. The summed E-state index contributed by atoms with van der Waals surface area (Å²) in [6.07, 6.45) is 2.37. The van der Waals surface area contributed by atoms with Gasteiger partial charge in [-0.25, -0.2) is 9.80 Å². The first-order chi connectivity index (χ1) is 15.0. The van der Waals surface area contributed by atoms with Gasteiger partial charge in [0.05, 0.1) is 6.54 Å². The van der Waals surface area contributed by atoms with Gasteiger partial charge in [0.15, 0.2) is 5.41 Å². The fourth-order valence-corrected chi connectivity index (χ4v) is 4.73. The molecule has 166 valence electrons. The van der Waals surface area contributed by atoms with E-state index in [-0.39, 0.29) is 12.3 Å². The largest absolute Gasteiger partial charge is 0.345 e. The number of carbonyl (C=O) groups excluding carboxylic acids is 4. The van der Waals surface area contributed by atoms with Crippen LogP contribution in [0.15, 0.2) is 30.3 Å². The van der Waals surface area contributed by atoms with Crippen LogP contribution in [-0.4, -0.2) is 89.4 Å². The molecule has 0 aliphatic carbocycles. The van der Waals surface area contributed by atoms with E-state index >= 15 is 0 Å². The van der Waals surface area contributed by atoms with E-state index in [1.54, 1.807) is 36.2 Å². The van der Waals surface area contributed by atoms with E-state index in [9.17, 15) is 19.2 Å². The summed E-state index contributed by atoms with van der Waals surface area (Å²) < 4.78 is 0. The van der Waals surface area contributed by atoms with Gasteiger partial charge >= 0.3 is 6.03 Å². The number of rotatable bonds is 5. The summed E-state index contributed by atoms with van der Waals surface area (Å²) >= 11 is 0. The van der Waals surface area contributed by atoms with Crippen LogP contribution in [0.25, 0.3) is 0 Å². The summed E-state index contributed by atoms with van der Waals surface area (Å²) in [6, 6.07) is 8.17. The van der Waals surface area contributed by atoms with Crippen LogP contribution in [0.1, 0.15) is 31.7 Å². The van der Waals surface area contributed by atoms with Gasteiger partial charge in [-0.15, -0.1) is 0 Å². The number of nitrogens with zero attached hydrogens (tertiary/aromatic N) is 4. The first-order valence-corrected chi connectivity index (χ1v) is 11.0. The fraction of sp³-hybridized carbons (Fsp3) is 0.545. The number of amides is 5. The SMILES string of the molecule is CCC1(c2ccccc2)C(=O)NC(=O)N(N2CCN(CC(=O)N3CCCC3)CC2)C1=O. The summed E-state index contributed by atoms with van der Waals surface area (Å²) in [7, 11) is 0. The van der Waals surface area contributed by atoms with Crippen molar-refractivity contribution >= 4 is 23.8 Å². The third kappa shape index (κ3) is 3.83. The normalized spacial score (nSPS) is 25.8. The molecule has 3 aliphatic rings. The lowest BCUT2D eigenvalue weighted by atomic mass is 9.75. The molecule has 9 heteroatoms. The van der Waals surface area contributed by atoms with Gasteiger partial charge in [-0.1, -0.05) is 37.3 Å². The standard InChI is InChI=1S/C22H29N5O4/c1-2-22(17-8-4-3-5-9-17)19(29)23-21(31)27(20(22)30)26-14-12-24(13-15-26)16-18(28)25-10-6-7-11-25/h3-5,8-9H,2,6-7,10-16H2,1H3,(H,23,29,31). The monoisotopic (exact) mass is 427 g/mol. The van der Waals surface area contributed by atoms with Gasteiger partial charge in [-0.2, -0.15) is 5.01 Å². The first kappa shape index (κ1) is 21.5. The Hall–Kier alpha value is -2.78. The van der Waals surface area contributed by atoms with Gasteiger partial charge in [0.1, 0.15) is 0 Å². The van der Waals surface area contributed by atoms with Crippen molar-refractivity contribution in [2.75, 3.05) is 45.8 Å². The topological polar surface area (TPSA) is 93.3 Å². The smallest absolute Gasteiger partial charge is 0.342 e. The number of nitrogens with one attached hydrogen (secondary N) is 1. The lowest BCUT2D eigenvalue weighted by Gasteiger charge is -2.45. The average Bonchev–Trinajstić information content (AvgIpc) is 3.31. The second kappa shape index (κ2) is 8.76. The molecule has 1 aromatic carbocycles. The van der Waals surface area contributed by atoms with E-state index in [2.05, 4.69) is 10.2 Å². The molecule has 0 spiro atoms. The number of hydrogen-bond acceptors (Lipinski definition) is 6. The highest BCUT2D eigenvalue weighted by atomic mass is 16.2. The van der Waals surface area contributed by atoms with E-state index in [0.717, 1.165) is 30.9 Å². The number of benzene rings is 1. The molecule has 0 radical (unpaired) electrons. The third-order valence-electron chi connectivity index (χ3n) is 6.60. The number of barbiturate groups is 1. The van der Waals surface area contributed by atoms with Crippen molar-refractivity contribution in [1.29, 1.82) is 0 Å². The summed E-state index contributed by atoms with van der Waals surface area (Å²) in [5.41, 5.74) is -0.856. The molecule has 1 N–H and O–H groups in total. The fourth-order valence-electron chi connectivity index (χ4n) is 4.73. The summed E-state index contributed by atoms with van der Waals surface area (Å²) in [5.74, 6) is -0.962. The zero-order valence-electron chi connectivity index (χ0n) is 17.9. The molecule has 9 nitrogen and oxygen atoms in total. The Morgan fingerprint density at radius 1 is 0.968 bits per heavy atom. The van der Waals surface area contributed by atoms with Crippen LogP contribution in [0.3, 0.4) is 0 Å². The van der Waals surface area contributed by atoms with Gasteiger partial charge in [0.25, 0.3) is 5.91 Å². The molecule has 0 saturated carbocycles. The number of imide groups is 2.